The van der Waals surface area contributed by atoms with E-state index in [2.05, 4.69) is 0 Å². The third kappa shape index (κ3) is 2.18. The van der Waals surface area contributed by atoms with Crippen molar-refractivity contribution >= 4 is 9.84 Å². The summed E-state index contributed by atoms with van der Waals surface area (Å²) in [6, 6.07) is 0. The Bertz CT molecular complexity index is 284. The zero-order valence-electron chi connectivity index (χ0n) is 7.86. The first-order valence-corrected chi connectivity index (χ1v) is 5.60. The van der Waals surface area contributed by atoms with Crippen LogP contribution >= 0.6 is 0 Å². The highest BCUT2D eigenvalue weighted by molar-refractivity contribution is 7.93. The first-order valence-electron chi connectivity index (χ1n) is 4.12. The summed E-state index contributed by atoms with van der Waals surface area (Å²) in [6.45, 7) is 2.15. The predicted molar refractivity (Wildman–Crippen MR) is 44.0 cm³/mol. The number of sulfone groups is 1. The number of alkyl halides is 4. The van der Waals surface area contributed by atoms with Crippen LogP contribution in [0.3, 0.4) is 0 Å². The van der Waals surface area contributed by atoms with E-state index in [9.17, 15) is 26.0 Å². The summed E-state index contributed by atoms with van der Waals surface area (Å²) in [5.41, 5.74) is 0. The van der Waals surface area contributed by atoms with E-state index in [1.165, 1.54) is 6.92 Å². The molecule has 0 heterocycles. The van der Waals surface area contributed by atoms with Crippen molar-refractivity contribution in [3.05, 3.63) is 0 Å². The third-order valence-corrected chi connectivity index (χ3v) is 3.80. The van der Waals surface area contributed by atoms with Crippen molar-refractivity contribution in [3.63, 3.8) is 0 Å². The molecule has 0 rings (SSSR count). The summed E-state index contributed by atoms with van der Waals surface area (Å²) < 4.78 is 72.6. The zero-order chi connectivity index (χ0) is 11.6. The molecule has 86 valence electrons. The minimum atomic E-state index is -5.72. The molecule has 0 aliphatic carbocycles. The Balaban J connectivity index is 5.16. The van der Waals surface area contributed by atoms with Crippen molar-refractivity contribution < 1.29 is 26.0 Å². The van der Waals surface area contributed by atoms with Gasteiger partial charge in [-0.3, -0.25) is 0 Å². The van der Waals surface area contributed by atoms with Gasteiger partial charge in [0.25, 0.3) is 9.84 Å². The highest BCUT2D eigenvalue weighted by Crippen LogP contribution is 2.39. The maximum Gasteiger partial charge on any atom is 0.351 e. The van der Waals surface area contributed by atoms with Crippen LogP contribution in [-0.2, 0) is 9.84 Å². The Morgan fingerprint density at radius 3 is 1.71 bits per heavy atom. The maximum absolute atomic E-state index is 12.8. The summed E-state index contributed by atoms with van der Waals surface area (Å²) in [4.78, 5) is 0. The van der Waals surface area contributed by atoms with Crippen molar-refractivity contribution in [1.29, 1.82) is 0 Å². The van der Waals surface area contributed by atoms with Crippen molar-refractivity contribution in [2.45, 2.75) is 43.6 Å². The molecule has 0 saturated heterocycles. The standard InChI is InChI=1S/C7H12F4O2S/c1-3-5-7(10,11)14(12,13)6(8,9)4-2/h3-5H2,1-2H3. The predicted octanol–water partition coefficient (Wildman–Crippen LogP) is 2.80. The Labute approximate surface area is 80.2 Å². The second-order valence-corrected chi connectivity index (χ2v) is 5.08. The Morgan fingerprint density at radius 2 is 1.43 bits per heavy atom. The van der Waals surface area contributed by atoms with E-state index in [0.29, 0.717) is 0 Å². The largest absolute Gasteiger partial charge is 0.351 e. The van der Waals surface area contributed by atoms with Crippen LogP contribution in [0.25, 0.3) is 0 Å². The van der Waals surface area contributed by atoms with Crippen LogP contribution in [0.15, 0.2) is 0 Å². The van der Waals surface area contributed by atoms with Gasteiger partial charge >= 0.3 is 10.5 Å². The lowest BCUT2D eigenvalue weighted by Crippen LogP contribution is -2.41. The van der Waals surface area contributed by atoms with E-state index < -0.39 is 33.2 Å². The smallest absolute Gasteiger partial charge is 0.216 e. The van der Waals surface area contributed by atoms with Crippen LogP contribution in [-0.4, -0.2) is 18.9 Å². The zero-order valence-corrected chi connectivity index (χ0v) is 8.67. The molecular weight excluding hydrogens is 224 g/mol. The summed E-state index contributed by atoms with van der Waals surface area (Å²) in [5, 5.41) is -8.70. The number of rotatable bonds is 5. The molecule has 0 aromatic carbocycles. The van der Waals surface area contributed by atoms with Gasteiger partial charge in [0.2, 0.25) is 0 Å². The molecule has 7 heteroatoms. The average molecular weight is 236 g/mol. The van der Waals surface area contributed by atoms with Gasteiger partial charge < -0.3 is 0 Å². The van der Waals surface area contributed by atoms with E-state index in [-0.39, 0.29) is 6.42 Å². The second kappa shape index (κ2) is 4.04. The molecule has 0 unspecified atom stereocenters. The minimum Gasteiger partial charge on any atom is -0.216 e. The maximum atomic E-state index is 12.8. The summed E-state index contributed by atoms with van der Waals surface area (Å²) in [7, 11) is -5.72. The normalized spacial score (nSPS) is 14.4. The van der Waals surface area contributed by atoms with Gasteiger partial charge in [0.15, 0.2) is 0 Å². The molecule has 0 aliphatic heterocycles. The van der Waals surface area contributed by atoms with Gasteiger partial charge in [0.05, 0.1) is 0 Å². The van der Waals surface area contributed by atoms with Gasteiger partial charge in [-0.2, -0.15) is 17.6 Å². The molecule has 0 N–H and O–H groups in total. The second-order valence-electron chi connectivity index (χ2n) is 2.88. The highest BCUT2D eigenvalue weighted by Gasteiger charge is 2.58. The Hall–Kier alpha value is -0.330. The van der Waals surface area contributed by atoms with E-state index >= 15 is 0 Å². The molecule has 0 bridgehead atoms. The molecule has 0 aliphatic rings. The van der Waals surface area contributed by atoms with Gasteiger partial charge in [-0.25, -0.2) is 8.42 Å². The molecule has 0 spiro atoms. The van der Waals surface area contributed by atoms with Crippen LogP contribution in [0, 0.1) is 0 Å². The fraction of sp³-hybridized carbons (Fsp3) is 1.00. The van der Waals surface area contributed by atoms with Gasteiger partial charge in [-0.1, -0.05) is 13.8 Å². The van der Waals surface area contributed by atoms with E-state index in [1.54, 1.807) is 0 Å². The quantitative estimate of drug-likeness (QED) is 0.688. The van der Waals surface area contributed by atoms with Crippen molar-refractivity contribution in [2.75, 3.05) is 0 Å². The Kier molecular flexibility index (Phi) is 3.94. The van der Waals surface area contributed by atoms with E-state index in [0.717, 1.165) is 6.92 Å². The molecular formula is C7H12F4O2S. The lowest BCUT2D eigenvalue weighted by Gasteiger charge is -2.22. The van der Waals surface area contributed by atoms with Gasteiger partial charge in [0, 0.05) is 12.8 Å². The minimum absolute atomic E-state index is 0.175. The van der Waals surface area contributed by atoms with Gasteiger partial charge in [-0.05, 0) is 6.42 Å². The van der Waals surface area contributed by atoms with Crippen molar-refractivity contribution in [3.8, 4) is 0 Å². The van der Waals surface area contributed by atoms with Crippen LogP contribution in [0.4, 0.5) is 17.6 Å². The molecule has 0 atom stereocenters. The lowest BCUT2D eigenvalue weighted by molar-refractivity contribution is 0.0374. The molecule has 0 radical (unpaired) electrons. The van der Waals surface area contributed by atoms with Crippen LogP contribution < -0.4 is 0 Å². The fourth-order valence-corrected chi connectivity index (χ4v) is 2.12. The molecule has 0 aromatic rings. The van der Waals surface area contributed by atoms with Crippen molar-refractivity contribution in [1.82, 2.24) is 0 Å². The molecule has 2 nitrogen and oxygen atoms in total. The molecule has 0 saturated carbocycles. The summed E-state index contributed by atoms with van der Waals surface area (Å²) in [6.07, 6.45) is -2.40. The van der Waals surface area contributed by atoms with Crippen LogP contribution in [0.2, 0.25) is 0 Å². The number of halogens is 4. The SMILES string of the molecule is CCCC(F)(F)S(=O)(=O)C(F)(F)CC. The lowest BCUT2D eigenvalue weighted by atomic mass is 10.3. The molecule has 0 fully saturated rings. The van der Waals surface area contributed by atoms with Gasteiger partial charge in [-0.15, -0.1) is 0 Å². The highest BCUT2D eigenvalue weighted by atomic mass is 32.2. The number of hydrogen-bond donors (Lipinski definition) is 0. The molecule has 14 heavy (non-hydrogen) atoms. The topological polar surface area (TPSA) is 34.1 Å². The Morgan fingerprint density at radius 1 is 1.00 bits per heavy atom. The van der Waals surface area contributed by atoms with Crippen LogP contribution in [0.5, 0.6) is 0 Å². The number of hydrogen-bond acceptors (Lipinski definition) is 2. The fourth-order valence-electron chi connectivity index (χ4n) is 0.834. The molecule has 0 amide bonds. The third-order valence-electron chi connectivity index (χ3n) is 1.74. The first kappa shape index (κ1) is 13.7. The molecule has 0 aromatic heterocycles. The first-order chi connectivity index (χ1) is 6.12. The van der Waals surface area contributed by atoms with Gasteiger partial charge in [0.1, 0.15) is 0 Å². The average Bonchev–Trinajstić information content (AvgIpc) is 2.03. The monoisotopic (exact) mass is 236 g/mol. The summed E-state index contributed by atoms with van der Waals surface area (Å²) in [5.74, 6) is 0. The van der Waals surface area contributed by atoms with Crippen LogP contribution in [0.1, 0.15) is 33.1 Å². The van der Waals surface area contributed by atoms with E-state index in [1.807, 2.05) is 0 Å². The summed E-state index contributed by atoms with van der Waals surface area (Å²) >= 11 is 0. The van der Waals surface area contributed by atoms with Crippen molar-refractivity contribution in [2.24, 2.45) is 0 Å². The van der Waals surface area contributed by atoms with E-state index in [4.69, 9.17) is 0 Å².